The molecule has 1 unspecified atom stereocenters. The normalized spacial score (nSPS) is 18.3. The highest BCUT2D eigenvalue weighted by Gasteiger charge is 2.33. The molecule has 0 saturated heterocycles. The topological polar surface area (TPSA) is 58.9 Å². The Labute approximate surface area is 177 Å². The van der Waals surface area contributed by atoms with Gasteiger partial charge in [-0.25, -0.2) is 0 Å². The maximum absolute atomic E-state index is 12.9. The van der Waals surface area contributed by atoms with E-state index in [9.17, 15) is 23.1 Å². The number of carbonyl (C=O) groups is 1. The minimum atomic E-state index is -4.50. The molecule has 1 N–H and O–H groups in total. The highest BCUT2D eigenvalue weighted by Crippen LogP contribution is 2.37. The minimum absolute atomic E-state index is 0.0107. The van der Waals surface area contributed by atoms with Crippen molar-refractivity contribution >= 4 is 34.9 Å². The molecular formula is C20H23ClF3NO3S. The van der Waals surface area contributed by atoms with Crippen LogP contribution in [-0.2, 0) is 15.8 Å². The third kappa shape index (κ3) is 6.67. The number of alkyl halides is 3. The summed E-state index contributed by atoms with van der Waals surface area (Å²) in [6, 6.07) is 3.81. The van der Waals surface area contributed by atoms with Gasteiger partial charge in [0.2, 0.25) is 0 Å². The monoisotopic (exact) mass is 449 g/mol. The van der Waals surface area contributed by atoms with E-state index in [4.69, 9.17) is 16.4 Å². The predicted octanol–water partition coefficient (Wildman–Crippen LogP) is 6.43. The van der Waals surface area contributed by atoms with E-state index >= 15 is 0 Å². The first-order valence-corrected chi connectivity index (χ1v) is 10.6. The first-order valence-electron chi connectivity index (χ1n) is 9.25. The van der Waals surface area contributed by atoms with Crippen LogP contribution in [0.25, 0.3) is 0 Å². The lowest BCUT2D eigenvalue weighted by Gasteiger charge is -2.23. The van der Waals surface area contributed by atoms with Crippen molar-refractivity contribution in [3.05, 3.63) is 40.1 Å². The highest BCUT2D eigenvalue weighted by atomic mass is 35.5. The standard InChI is InChI=1S/C20H23ClF3NO3S/c1-3-7-28-25-12(2)19-17(26)9-13(10-18(19)27)6-8-29-14-4-5-16(21)15(11-14)20(22,23)24/h4-5,11,13,26H,3,6-10H2,1-2H3. The summed E-state index contributed by atoms with van der Waals surface area (Å²) in [4.78, 5) is 17.9. The maximum Gasteiger partial charge on any atom is 0.417 e. The van der Waals surface area contributed by atoms with E-state index in [0.717, 1.165) is 12.5 Å². The predicted molar refractivity (Wildman–Crippen MR) is 109 cm³/mol. The Hall–Kier alpha value is -1.67. The van der Waals surface area contributed by atoms with Crippen molar-refractivity contribution in [2.24, 2.45) is 11.1 Å². The number of ketones is 1. The molecule has 0 aromatic heterocycles. The Morgan fingerprint density at radius 1 is 1.38 bits per heavy atom. The number of benzene rings is 1. The Morgan fingerprint density at radius 3 is 2.72 bits per heavy atom. The van der Waals surface area contributed by atoms with Gasteiger partial charge in [-0.3, -0.25) is 4.79 Å². The highest BCUT2D eigenvalue weighted by molar-refractivity contribution is 7.99. The van der Waals surface area contributed by atoms with Gasteiger partial charge in [-0.2, -0.15) is 13.2 Å². The lowest BCUT2D eigenvalue weighted by atomic mass is 9.84. The molecule has 1 aromatic rings. The summed E-state index contributed by atoms with van der Waals surface area (Å²) in [6.45, 7) is 3.98. The van der Waals surface area contributed by atoms with Crippen LogP contribution in [0.2, 0.25) is 5.02 Å². The van der Waals surface area contributed by atoms with Crippen molar-refractivity contribution in [3.63, 3.8) is 0 Å². The average Bonchev–Trinajstić information content (AvgIpc) is 2.62. The van der Waals surface area contributed by atoms with Crippen LogP contribution in [0.4, 0.5) is 13.2 Å². The molecule has 0 amide bonds. The molecule has 0 saturated carbocycles. The van der Waals surface area contributed by atoms with Gasteiger partial charge >= 0.3 is 6.18 Å². The van der Waals surface area contributed by atoms with E-state index in [1.165, 1.54) is 17.8 Å². The molecule has 1 aliphatic rings. The van der Waals surface area contributed by atoms with E-state index in [0.29, 0.717) is 35.8 Å². The number of halogens is 4. The molecule has 0 heterocycles. The molecule has 9 heteroatoms. The second-order valence-electron chi connectivity index (χ2n) is 6.81. The largest absolute Gasteiger partial charge is 0.511 e. The summed E-state index contributed by atoms with van der Waals surface area (Å²) < 4.78 is 38.8. The minimum Gasteiger partial charge on any atom is -0.511 e. The number of thioether (sulfide) groups is 1. The van der Waals surface area contributed by atoms with Crippen molar-refractivity contribution < 1.29 is 27.9 Å². The molecule has 1 aliphatic carbocycles. The number of hydrogen-bond donors (Lipinski definition) is 1. The molecule has 1 atom stereocenters. The summed E-state index contributed by atoms with van der Waals surface area (Å²) in [7, 11) is 0. The number of hydrogen-bond acceptors (Lipinski definition) is 5. The van der Waals surface area contributed by atoms with Gasteiger partial charge < -0.3 is 9.94 Å². The van der Waals surface area contributed by atoms with Crippen LogP contribution < -0.4 is 0 Å². The first-order chi connectivity index (χ1) is 13.6. The van der Waals surface area contributed by atoms with Gasteiger partial charge in [0, 0.05) is 17.7 Å². The van der Waals surface area contributed by atoms with Gasteiger partial charge in [-0.05, 0) is 49.6 Å². The third-order valence-electron chi connectivity index (χ3n) is 4.42. The van der Waals surface area contributed by atoms with E-state index in [2.05, 4.69) is 5.16 Å². The zero-order valence-electron chi connectivity index (χ0n) is 16.2. The second kappa shape index (κ2) is 10.4. The summed E-state index contributed by atoms with van der Waals surface area (Å²) >= 11 is 6.89. The van der Waals surface area contributed by atoms with Crippen LogP contribution in [0.3, 0.4) is 0 Å². The molecule has 2 rings (SSSR count). The fourth-order valence-electron chi connectivity index (χ4n) is 3.02. The van der Waals surface area contributed by atoms with Crippen molar-refractivity contribution in [3.8, 4) is 0 Å². The molecule has 4 nitrogen and oxygen atoms in total. The van der Waals surface area contributed by atoms with Crippen LogP contribution in [0, 0.1) is 5.92 Å². The fourth-order valence-corrected chi connectivity index (χ4v) is 4.30. The van der Waals surface area contributed by atoms with Crippen LogP contribution in [0.1, 0.15) is 45.1 Å². The van der Waals surface area contributed by atoms with Crippen molar-refractivity contribution in [2.75, 3.05) is 12.4 Å². The number of oxime groups is 1. The van der Waals surface area contributed by atoms with Gasteiger partial charge in [0.15, 0.2) is 5.78 Å². The van der Waals surface area contributed by atoms with E-state index in [1.54, 1.807) is 13.0 Å². The molecule has 160 valence electrons. The molecule has 0 radical (unpaired) electrons. The van der Waals surface area contributed by atoms with Crippen LogP contribution in [0.15, 0.2) is 39.6 Å². The molecule has 0 spiro atoms. The Kier molecular flexibility index (Phi) is 8.46. The number of nitrogens with zero attached hydrogens (tertiary/aromatic N) is 1. The molecular weight excluding hydrogens is 427 g/mol. The van der Waals surface area contributed by atoms with Gasteiger partial charge in [0.25, 0.3) is 0 Å². The number of Topliss-reactive ketones (excluding diaryl/α,β-unsaturated/α-hetero) is 1. The SMILES string of the molecule is CCCON=C(C)C1=C(O)CC(CCSc2ccc(Cl)c(C(F)(F)F)c2)CC1=O. The summed E-state index contributed by atoms with van der Waals surface area (Å²) in [5.74, 6) is 0.239. The summed E-state index contributed by atoms with van der Waals surface area (Å²) in [5, 5.41) is 13.8. The van der Waals surface area contributed by atoms with Gasteiger partial charge in [-0.1, -0.05) is 23.7 Å². The van der Waals surface area contributed by atoms with Crippen molar-refractivity contribution in [1.82, 2.24) is 0 Å². The number of aliphatic hydroxyl groups excluding tert-OH is 1. The fraction of sp³-hybridized carbons (Fsp3) is 0.500. The Balaban J connectivity index is 1.95. The first kappa shape index (κ1) is 23.6. The van der Waals surface area contributed by atoms with Crippen LogP contribution in [0.5, 0.6) is 0 Å². The summed E-state index contributed by atoms with van der Waals surface area (Å²) in [5.41, 5.74) is -0.297. The zero-order valence-corrected chi connectivity index (χ0v) is 17.8. The van der Waals surface area contributed by atoms with Crippen molar-refractivity contribution in [2.45, 2.75) is 50.6 Å². The Morgan fingerprint density at radius 2 is 2.10 bits per heavy atom. The lowest BCUT2D eigenvalue weighted by molar-refractivity contribution is -0.137. The molecule has 1 aromatic carbocycles. The number of allylic oxidation sites excluding steroid dienone is 2. The molecule has 0 bridgehead atoms. The number of carbonyl (C=O) groups excluding carboxylic acids is 1. The van der Waals surface area contributed by atoms with Gasteiger partial charge in [0.05, 0.1) is 21.9 Å². The van der Waals surface area contributed by atoms with E-state index < -0.39 is 11.7 Å². The van der Waals surface area contributed by atoms with Crippen LogP contribution >= 0.6 is 23.4 Å². The third-order valence-corrected chi connectivity index (χ3v) is 5.78. The van der Waals surface area contributed by atoms with Gasteiger partial charge in [-0.15, -0.1) is 11.8 Å². The molecule has 0 aliphatic heterocycles. The average molecular weight is 450 g/mol. The zero-order chi connectivity index (χ0) is 21.6. The Bertz CT molecular complexity index is 809. The van der Waals surface area contributed by atoms with E-state index in [-0.39, 0.29) is 34.5 Å². The van der Waals surface area contributed by atoms with Crippen LogP contribution in [-0.4, -0.2) is 29.0 Å². The molecule has 0 fully saturated rings. The maximum atomic E-state index is 12.9. The smallest absolute Gasteiger partial charge is 0.417 e. The number of rotatable bonds is 8. The van der Waals surface area contributed by atoms with Crippen molar-refractivity contribution in [1.29, 1.82) is 0 Å². The quantitative estimate of drug-likeness (QED) is 0.215. The van der Waals surface area contributed by atoms with Gasteiger partial charge in [0.1, 0.15) is 12.4 Å². The number of aliphatic hydroxyl groups is 1. The molecule has 29 heavy (non-hydrogen) atoms. The lowest BCUT2D eigenvalue weighted by Crippen LogP contribution is -2.24. The summed E-state index contributed by atoms with van der Waals surface area (Å²) in [6.07, 6.45) is -2.55. The second-order valence-corrected chi connectivity index (χ2v) is 8.38. The van der Waals surface area contributed by atoms with E-state index in [1.807, 2.05) is 6.92 Å².